The largest absolute Gasteiger partial charge is 0.481 e. The Morgan fingerprint density at radius 3 is 2.53 bits per heavy atom. The molecule has 1 rings (SSSR count). The van der Waals surface area contributed by atoms with Gasteiger partial charge in [-0.25, -0.2) is 9.89 Å². The minimum atomic E-state index is -4.69. The molecule has 0 aliphatic carbocycles. The molecule has 0 saturated heterocycles. The number of aliphatic carboxylic acids is 1. The lowest BCUT2D eigenvalue weighted by atomic mass is 10.3. The highest BCUT2D eigenvalue weighted by Gasteiger charge is 2.43. The van der Waals surface area contributed by atoms with Crippen molar-refractivity contribution in [3.63, 3.8) is 0 Å². The Balaban J connectivity index is 3.04. The zero-order chi connectivity index (χ0) is 14.8. The van der Waals surface area contributed by atoms with E-state index in [4.69, 9.17) is 5.11 Å². The number of hydrogen-bond acceptors (Lipinski definition) is 4. The first-order valence-electron chi connectivity index (χ1n) is 5.25. The van der Waals surface area contributed by atoms with Crippen LogP contribution in [0.3, 0.4) is 0 Å². The van der Waals surface area contributed by atoms with Crippen LogP contribution in [0.4, 0.5) is 13.2 Å². The molecular weight excluding hydrogens is 287 g/mol. The first kappa shape index (κ1) is 15.6. The molecule has 0 aromatic carbocycles. The van der Waals surface area contributed by atoms with Gasteiger partial charge in [0.15, 0.2) is 5.16 Å². The van der Waals surface area contributed by atoms with Gasteiger partial charge < -0.3 is 5.11 Å². The summed E-state index contributed by atoms with van der Waals surface area (Å²) in [6.45, 7) is 3.22. The number of rotatable bonds is 5. The predicted molar refractivity (Wildman–Crippen MR) is 61.2 cm³/mol. The maximum atomic E-state index is 12.7. The van der Waals surface area contributed by atoms with Gasteiger partial charge >= 0.3 is 17.8 Å². The van der Waals surface area contributed by atoms with Gasteiger partial charge in [-0.1, -0.05) is 11.8 Å². The molecule has 0 radical (unpaired) electrons. The van der Waals surface area contributed by atoms with Crippen LogP contribution in [0.15, 0.2) is 9.95 Å². The number of carboxylic acid groups (broad SMARTS) is 1. The Labute approximate surface area is 110 Å². The molecule has 1 heterocycles. The van der Waals surface area contributed by atoms with Gasteiger partial charge in [0.1, 0.15) is 5.25 Å². The molecule has 0 spiro atoms. The summed E-state index contributed by atoms with van der Waals surface area (Å²) in [5.41, 5.74) is -0.631. The van der Waals surface area contributed by atoms with Crippen molar-refractivity contribution >= 4 is 17.7 Å². The van der Waals surface area contributed by atoms with E-state index >= 15 is 0 Å². The molecule has 10 heteroatoms. The zero-order valence-electron chi connectivity index (χ0n) is 10.1. The smallest absolute Gasteiger partial charge is 0.401 e. The van der Waals surface area contributed by atoms with Crippen LogP contribution in [-0.4, -0.2) is 37.3 Å². The second-order valence-electron chi connectivity index (χ2n) is 4.02. The van der Waals surface area contributed by atoms with Crippen molar-refractivity contribution in [1.82, 2.24) is 14.8 Å². The van der Waals surface area contributed by atoms with E-state index in [0.717, 1.165) is 4.57 Å². The van der Waals surface area contributed by atoms with Crippen molar-refractivity contribution in [2.75, 3.05) is 0 Å². The predicted octanol–water partition coefficient (Wildman–Crippen LogP) is 1.65. The van der Waals surface area contributed by atoms with E-state index in [1.54, 1.807) is 13.8 Å². The monoisotopic (exact) mass is 299 g/mol. The third kappa shape index (κ3) is 4.01. The highest BCUT2D eigenvalue weighted by molar-refractivity contribution is 7.99. The first-order chi connectivity index (χ1) is 8.62. The number of carboxylic acids is 1. The fraction of sp³-hybridized carbons (Fsp3) is 0.667. The summed E-state index contributed by atoms with van der Waals surface area (Å²) in [5.74, 6) is -1.57. The number of thioether (sulfide) groups is 1. The van der Waals surface area contributed by atoms with Gasteiger partial charge in [0.25, 0.3) is 0 Å². The van der Waals surface area contributed by atoms with Crippen molar-refractivity contribution in [3.8, 4) is 0 Å². The molecule has 0 amide bonds. The normalized spacial score (nSPS) is 13.8. The third-order valence-electron chi connectivity index (χ3n) is 2.16. The highest BCUT2D eigenvalue weighted by atomic mass is 32.2. The van der Waals surface area contributed by atoms with Crippen LogP contribution in [0, 0.1) is 0 Å². The van der Waals surface area contributed by atoms with E-state index in [1.165, 1.54) is 0 Å². The molecule has 0 bridgehead atoms. The zero-order valence-corrected chi connectivity index (χ0v) is 10.9. The Hall–Kier alpha value is -1.45. The molecule has 19 heavy (non-hydrogen) atoms. The lowest BCUT2D eigenvalue weighted by Gasteiger charge is -2.18. The quantitative estimate of drug-likeness (QED) is 0.807. The van der Waals surface area contributed by atoms with Crippen LogP contribution in [0.25, 0.3) is 0 Å². The fourth-order valence-corrected chi connectivity index (χ4v) is 2.46. The van der Waals surface area contributed by atoms with Crippen LogP contribution < -0.4 is 5.69 Å². The van der Waals surface area contributed by atoms with Gasteiger partial charge in [0.05, 0.1) is 6.42 Å². The average Bonchev–Trinajstić information content (AvgIpc) is 2.56. The third-order valence-corrected chi connectivity index (χ3v) is 3.38. The molecule has 0 aliphatic rings. The van der Waals surface area contributed by atoms with E-state index in [-0.39, 0.29) is 23.0 Å². The molecule has 1 unspecified atom stereocenters. The summed E-state index contributed by atoms with van der Waals surface area (Å²) >= 11 is 0.215. The summed E-state index contributed by atoms with van der Waals surface area (Å²) in [6.07, 6.45) is -5.78. The first-order valence-corrected chi connectivity index (χ1v) is 6.13. The number of halogens is 3. The summed E-state index contributed by atoms with van der Waals surface area (Å²) in [6, 6.07) is -0.382. The minimum absolute atomic E-state index is 0.177. The summed E-state index contributed by atoms with van der Waals surface area (Å²) < 4.78 is 39.1. The van der Waals surface area contributed by atoms with E-state index in [1.807, 2.05) is 0 Å². The van der Waals surface area contributed by atoms with Gasteiger partial charge in [-0.2, -0.15) is 13.2 Å². The Kier molecular flexibility index (Phi) is 4.66. The number of nitrogens with zero attached hydrogens (tertiary/aromatic N) is 2. The maximum absolute atomic E-state index is 12.7. The average molecular weight is 299 g/mol. The van der Waals surface area contributed by atoms with E-state index in [2.05, 4.69) is 10.2 Å². The molecule has 1 aromatic heterocycles. The van der Waals surface area contributed by atoms with Crippen molar-refractivity contribution in [1.29, 1.82) is 0 Å². The maximum Gasteiger partial charge on any atom is 0.401 e. The van der Waals surface area contributed by atoms with Crippen molar-refractivity contribution in [3.05, 3.63) is 10.5 Å². The van der Waals surface area contributed by atoms with Crippen LogP contribution in [0.1, 0.15) is 26.3 Å². The van der Waals surface area contributed by atoms with Gasteiger partial charge in [0, 0.05) is 6.04 Å². The van der Waals surface area contributed by atoms with Crippen LogP contribution in [0.5, 0.6) is 0 Å². The number of aromatic nitrogens is 3. The van der Waals surface area contributed by atoms with Gasteiger partial charge in [-0.3, -0.25) is 9.36 Å². The van der Waals surface area contributed by atoms with Crippen LogP contribution in [0.2, 0.25) is 0 Å². The highest BCUT2D eigenvalue weighted by Crippen LogP contribution is 2.36. The van der Waals surface area contributed by atoms with E-state index in [9.17, 15) is 22.8 Å². The Morgan fingerprint density at radius 1 is 1.53 bits per heavy atom. The summed E-state index contributed by atoms with van der Waals surface area (Å²) in [7, 11) is 0. The van der Waals surface area contributed by atoms with Crippen LogP contribution >= 0.6 is 11.8 Å². The van der Waals surface area contributed by atoms with E-state index < -0.39 is 29.5 Å². The summed E-state index contributed by atoms with van der Waals surface area (Å²) in [5, 5.41) is 11.7. The lowest BCUT2D eigenvalue weighted by Crippen LogP contribution is -2.29. The molecule has 1 atom stereocenters. The molecular formula is C9H12F3N3O3S. The van der Waals surface area contributed by atoms with Crippen molar-refractivity contribution < 1.29 is 23.1 Å². The van der Waals surface area contributed by atoms with Gasteiger partial charge in [-0.15, -0.1) is 5.10 Å². The molecule has 0 aliphatic heterocycles. The second kappa shape index (κ2) is 5.68. The molecule has 0 saturated carbocycles. The SMILES string of the molecule is CC(C)n1c(SC(CC(=O)O)C(F)(F)F)n[nH]c1=O. The van der Waals surface area contributed by atoms with Gasteiger partial charge in [-0.05, 0) is 13.8 Å². The van der Waals surface area contributed by atoms with Crippen molar-refractivity contribution in [2.45, 2.75) is 42.9 Å². The number of alkyl halides is 3. The molecule has 0 fully saturated rings. The lowest BCUT2D eigenvalue weighted by molar-refractivity contribution is -0.149. The van der Waals surface area contributed by atoms with E-state index in [0.29, 0.717) is 0 Å². The van der Waals surface area contributed by atoms with Crippen LogP contribution in [-0.2, 0) is 4.79 Å². The van der Waals surface area contributed by atoms with Crippen molar-refractivity contribution in [2.24, 2.45) is 0 Å². The fourth-order valence-electron chi connectivity index (χ4n) is 1.34. The van der Waals surface area contributed by atoms with Gasteiger partial charge in [0.2, 0.25) is 0 Å². The number of carbonyl (C=O) groups is 1. The number of aromatic amines is 1. The standard InChI is InChI=1S/C9H12F3N3O3S/c1-4(2)15-7(18)13-14-8(15)19-5(3-6(16)17)9(10,11)12/h4-5H,3H2,1-2H3,(H,13,18)(H,16,17). The molecule has 108 valence electrons. The Morgan fingerprint density at radius 2 is 2.11 bits per heavy atom. The topological polar surface area (TPSA) is 88.0 Å². The number of H-pyrrole nitrogens is 1. The number of hydrogen-bond donors (Lipinski definition) is 2. The molecule has 1 aromatic rings. The molecule has 6 nitrogen and oxygen atoms in total. The summed E-state index contributed by atoms with van der Waals surface area (Å²) in [4.78, 5) is 21.8. The second-order valence-corrected chi connectivity index (χ2v) is 5.19. The minimum Gasteiger partial charge on any atom is -0.481 e. The number of nitrogens with one attached hydrogen (secondary N) is 1. The Bertz CT molecular complexity index is 509. The molecule has 2 N–H and O–H groups in total.